The third-order valence-corrected chi connectivity index (χ3v) is 4.68. The van der Waals surface area contributed by atoms with Crippen molar-refractivity contribution < 1.29 is 9.84 Å². The summed E-state index contributed by atoms with van der Waals surface area (Å²) in [6.45, 7) is 7.40. The third-order valence-electron chi connectivity index (χ3n) is 3.81. The Kier molecular flexibility index (Phi) is 5.94. The summed E-state index contributed by atoms with van der Waals surface area (Å²) in [4.78, 5) is 4.56. The van der Waals surface area contributed by atoms with E-state index in [0.29, 0.717) is 13.2 Å². The fraction of sp³-hybridized carbons (Fsp3) is 0.471. The normalized spacial score (nSPS) is 13.8. The van der Waals surface area contributed by atoms with Crippen LogP contribution in [0.5, 0.6) is 5.75 Å². The van der Waals surface area contributed by atoms with Gasteiger partial charge in [-0.1, -0.05) is 24.6 Å². The quantitative estimate of drug-likeness (QED) is 0.784. The molecule has 0 bridgehead atoms. The van der Waals surface area contributed by atoms with E-state index in [4.69, 9.17) is 4.74 Å². The molecule has 4 nitrogen and oxygen atoms in total. The Morgan fingerprint density at radius 3 is 2.68 bits per heavy atom. The van der Waals surface area contributed by atoms with Crippen LogP contribution in [0.1, 0.15) is 36.5 Å². The second-order valence-electron chi connectivity index (χ2n) is 5.76. The van der Waals surface area contributed by atoms with Crippen LogP contribution >= 0.6 is 11.3 Å². The minimum atomic E-state index is -0.248. The van der Waals surface area contributed by atoms with Gasteiger partial charge >= 0.3 is 0 Å². The van der Waals surface area contributed by atoms with Gasteiger partial charge < -0.3 is 15.2 Å². The second-order valence-corrected chi connectivity index (χ2v) is 6.70. The Hall–Kier alpha value is -1.43. The fourth-order valence-electron chi connectivity index (χ4n) is 1.87. The minimum absolute atomic E-state index is 0.122. The molecule has 2 aromatic rings. The first kappa shape index (κ1) is 16.9. The molecule has 2 N–H and O–H groups in total. The van der Waals surface area contributed by atoms with Gasteiger partial charge in [-0.2, -0.15) is 0 Å². The van der Waals surface area contributed by atoms with Crippen LogP contribution < -0.4 is 10.1 Å². The van der Waals surface area contributed by atoms with Gasteiger partial charge in [0.25, 0.3) is 0 Å². The van der Waals surface area contributed by atoms with Crippen molar-refractivity contribution in [2.45, 2.75) is 45.9 Å². The van der Waals surface area contributed by atoms with Crippen LogP contribution in [0.25, 0.3) is 0 Å². The number of nitrogens with one attached hydrogen (secondary N) is 1. The predicted octanol–water partition coefficient (Wildman–Crippen LogP) is 3.28. The van der Waals surface area contributed by atoms with Gasteiger partial charge in [0, 0.05) is 17.5 Å². The molecule has 2 rings (SSSR count). The lowest BCUT2D eigenvalue weighted by atomic mass is 10.0. The van der Waals surface area contributed by atoms with Crippen molar-refractivity contribution in [3.63, 3.8) is 0 Å². The van der Waals surface area contributed by atoms with Crippen molar-refractivity contribution in [1.82, 2.24) is 10.3 Å². The van der Waals surface area contributed by atoms with Gasteiger partial charge in [0.05, 0.1) is 12.3 Å². The lowest BCUT2D eigenvalue weighted by Crippen LogP contribution is -2.44. The highest BCUT2D eigenvalue weighted by atomic mass is 32.1. The van der Waals surface area contributed by atoms with Crippen LogP contribution in [-0.4, -0.2) is 22.2 Å². The summed E-state index contributed by atoms with van der Waals surface area (Å²) in [6.07, 6.45) is 0.872. The monoisotopic (exact) mass is 320 g/mol. The first-order chi connectivity index (χ1) is 10.5. The molecule has 0 radical (unpaired) electrons. The van der Waals surface area contributed by atoms with E-state index in [1.54, 1.807) is 11.3 Å². The average Bonchev–Trinajstić information content (AvgIpc) is 3.00. The smallest absolute Gasteiger partial charge is 0.140 e. The number of hydrogen-bond donors (Lipinski definition) is 2. The number of benzene rings is 1. The number of nitrogens with zero attached hydrogens (tertiary/aromatic N) is 1. The standard InChI is InChI=1S/C17H24N2O2S/c1-4-17(3,12-20)18-9-14-11-22-16(19-14)10-21-15-7-5-13(2)6-8-15/h5-8,11,18,20H,4,9-10,12H2,1-3H3. The Morgan fingerprint density at radius 2 is 2.05 bits per heavy atom. The molecular formula is C17H24N2O2S. The number of aliphatic hydroxyl groups is 1. The maximum atomic E-state index is 9.40. The van der Waals surface area contributed by atoms with Crippen molar-refractivity contribution >= 4 is 11.3 Å². The van der Waals surface area contributed by atoms with Gasteiger partial charge in [-0.25, -0.2) is 4.98 Å². The van der Waals surface area contributed by atoms with Gasteiger partial charge in [0.1, 0.15) is 17.4 Å². The predicted molar refractivity (Wildman–Crippen MR) is 90.2 cm³/mol. The molecule has 0 spiro atoms. The molecule has 1 unspecified atom stereocenters. The molecule has 120 valence electrons. The van der Waals surface area contributed by atoms with E-state index in [1.165, 1.54) is 5.56 Å². The van der Waals surface area contributed by atoms with Crippen molar-refractivity contribution in [3.05, 3.63) is 45.9 Å². The number of aliphatic hydroxyl groups excluding tert-OH is 1. The third kappa shape index (κ3) is 4.80. The number of ether oxygens (including phenoxy) is 1. The molecule has 22 heavy (non-hydrogen) atoms. The van der Waals surface area contributed by atoms with E-state index in [-0.39, 0.29) is 12.1 Å². The van der Waals surface area contributed by atoms with E-state index in [9.17, 15) is 5.11 Å². The van der Waals surface area contributed by atoms with Crippen LogP contribution in [0.3, 0.4) is 0 Å². The van der Waals surface area contributed by atoms with Crippen molar-refractivity contribution in [2.75, 3.05) is 6.61 Å². The first-order valence-corrected chi connectivity index (χ1v) is 8.41. The maximum absolute atomic E-state index is 9.40. The summed E-state index contributed by atoms with van der Waals surface area (Å²) >= 11 is 1.60. The first-order valence-electron chi connectivity index (χ1n) is 7.53. The van der Waals surface area contributed by atoms with Crippen LogP contribution in [-0.2, 0) is 13.2 Å². The average molecular weight is 320 g/mol. The molecule has 5 heteroatoms. The Bertz CT molecular complexity index is 577. The fourth-order valence-corrected chi connectivity index (χ4v) is 2.58. The lowest BCUT2D eigenvalue weighted by Gasteiger charge is -2.26. The molecule has 0 saturated heterocycles. The Balaban J connectivity index is 1.85. The van der Waals surface area contributed by atoms with Crippen LogP contribution in [0.15, 0.2) is 29.6 Å². The highest BCUT2D eigenvalue weighted by Gasteiger charge is 2.20. The van der Waals surface area contributed by atoms with E-state index < -0.39 is 0 Å². The molecule has 0 fully saturated rings. The molecule has 1 aromatic carbocycles. The number of thiazole rings is 1. The maximum Gasteiger partial charge on any atom is 0.140 e. The number of hydrogen-bond acceptors (Lipinski definition) is 5. The van der Waals surface area contributed by atoms with E-state index >= 15 is 0 Å². The summed E-state index contributed by atoms with van der Waals surface area (Å²) in [7, 11) is 0. The molecule has 0 aliphatic rings. The summed E-state index contributed by atoms with van der Waals surface area (Å²) in [6, 6.07) is 8.01. The zero-order valence-electron chi connectivity index (χ0n) is 13.4. The van der Waals surface area contributed by atoms with Crippen molar-refractivity contribution in [2.24, 2.45) is 0 Å². The van der Waals surface area contributed by atoms with Crippen molar-refractivity contribution in [3.8, 4) is 5.75 Å². The van der Waals surface area contributed by atoms with Crippen molar-refractivity contribution in [1.29, 1.82) is 0 Å². The highest BCUT2D eigenvalue weighted by Crippen LogP contribution is 2.17. The lowest BCUT2D eigenvalue weighted by molar-refractivity contribution is 0.168. The number of aryl methyl sites for hydroxylation is 1. The van der Waals surface area contributed by atoms with Gasteiger partial charge in [-0.15, -0.1) is 11.3 Å². The largest absolute Gasteiger partial charge is 0.486 e. The van der Waals surface area contributed by atoms with Gasteiger partial charge in [-0.3, -0.25) is 0 Å². The zero-order valence-corrected chi connectivity index (χ0v) is 14.2. The highest BCUT2D eigenvalue weighted by molar-refractivity contribution is 7.09. The van der Waals surface area contributed by atoms with E-state index in [0.717, 1.165) is 22.9 Å². The molecule has 1 atom stereocenters. The van der Waals surface area contributed by atoms with Gasteiger partial charge in [0.15, 0.2) is 0 Å². The van der Waals surface area contributed by atoms with E-state index in [1.807, 2.05) is 36.6 Å². The summed E-state index contributed by atoms with van der Waals surface area (Å²) in [5.41, 5.74) is 1.96. The molecule has 1 aromatic heterocycles. The molecule has 0 aliphatic carbocycles. The van der Waals surface area contributed by atoms with Gasteiger partial charge in [0.2, 0.25) is 0 Å². The molecule has 0 aliphatic heterocycles. The summed E-state index contributed by atoms with van der Waals surface area (Å²) < 4.78 is 5.74. The molecule has 0 saturated carbocycles. The van der Waals surface area contributed by atoms with Crippen LogP contribution in [0.2, 0.25) is 0 Å². The summed E-state index contributed by atoms with van der Waals surface area (Å²) in [5.74, 6) is 0.860. The van der Waals surface area contributed by atoms with Crippen LogP contribution in [0.4, 0.5) is 0 Å². The van der Waals surface area contributed by atoms with Gasteiger partial charge in [-0.05, 0) is 32.4 Å². The molecule has 0 amide bonds. The Labute approximate surface area is 136 Å². The number of rotatable bonds is 8. The van der Waals surface area contributed by atoms with E-state index in [2.05, 4.69) is 24.1 Å². The molecule has 1 heterocycles. The van der Waals surface area contributed by atoms with Crippen LogP contribution in [0, 0.1) is 6.92 Å². The SMILES string of the molecule is CCC(C)(CO)NCc1csc(COc2ccc(C)cc2)n1. The number of aromatic nitrogens is 1. The molecular weight excluding hydrogens is 296 g/mol. The zero-order chi connectivity index (χ0) is 16.0. The summed E-state index contributed by atoms with van der Waals surface area (Å²) in [5, 5.41) is 15.8. The topological polar surface area (TPSA) is 54.4 Å². The Morgan fingerprint density at radius 1 is 1.32 bits per heavy atom. The second kappa shape index (κ2) is 7.72. The minimum Gasteiger partial charge on any atom is -0.486 e.